The van der Waals surface area contributed by atoms with E-state index < -0.39 is 5.41 Å². The third-order valence-corrected chi connectivity index (χ3v) is 1.85. The molecule has 15 heavy (non-hydrogen) atoms. The fraction of sp³-hybridized carbons (Fsp3) is 0.700. The minimum Gasteiger partial charge on any atom is -0.861 e. The molecule has 0 fully saturated rings. The van der Waals surface area contributed by atoms with Gasteiger partial charge in [-0.05, 0) is 29.8 Å². The van der Waals surface area contributed by atoms with Crippen LogP contribution >= 0.6 is 0 Å². The maximum absolute atomic E-state index is 11.5. The second kappa shape index (κ2) is 4.00. The molecule has 1 heterocycles. The van der Waals surface area contributed by atoms with Crippen molar-refractivity contribution in [2.75, 3.05) is 0 Å². The van der Waals surface area contributed by atoms with Crippen molar-refractivity contribution in [2.24, 2.45) is 10.4 Å². The van der Waals surface area contributed by atoms with E-state index in [1.165, 1.54) is 0 Å². The van der Waals surface area contributed by atoms with E-state index >= 15 is 0 Å². The summed E-state index contributed by atoms with van der Waals surface area (Å²) in [7, 11) is 0. The topological polar surface area (TPSA) is 65.3 Å². The van der Waals surface area contributed by atoms with Crippen LogP contribution in [-0.4, -0.2) is 11.2 Å². The van der Waals surface area contributed by atoms with Gasteiger partial charge in [-0.25, -0.2) is 4.99 Å². The van der Waals surface area contributed by atoms with Crippen LogP contribution in [0.2, 0.25) is 0 Å². The second-order valence-corrected chi connectivity index (χ2v) is 4.78. The summed E-state index contributed by atoms with van der Waals surface area (Å²) in [4.78, 5) is 3.84. The molecule has 0 spiro atoms. The summed E-state index contributed by atoms with van der Waals surface area (Å²) in [5.41, 5.74) is -0.491. The number of hydrogen-bond donors (Lipinski definition) is 0. The van der Waals surface area contributed by atoms with Gasteiger partial charge in [0.05, 0.1) is 0 Å². The van der Waals surface area contributed by atoms with Crippen molar-refractivity contribution >= 4 is 11.8 Å². The predicted molar refractivity (Wildman–Crippen MR) is 53.6 cm³/mol. The van der Waals surface area contributed by atoms with Crippen LogP contribution in [0, 0.1) is 5.41 Å². The van der Waals surface area contributed by atoms with Crippen LogP contribution < -0.4 is 9.79 Å². The van der Waals surface area contributed by atoms with Gasteiger partial charge in [-0.3, -0.25) is 4.52 Å². The van der Waals surface area contributed by atoms with Crippen molar-refractivity contribution in [3.63, 3.8) is 0 Å². The standard InChI is InChI=1S/C10H17N3O2/c1-7(2)13-6-8(15-12-13)11-9(14)10(3,4)5/h6-7H,1-5H3. The maximum Gasteiger partial charge on any atom is 0.320 e. The molecule has 84 valence electrons. The molecule has 0 aliphatic rings. The second-order valence-electron chi connectivity index (χ2n) is 4.78. The van der Waals surface area contributed by atoms with Gasteiger partial charge in [-0.1, -0.05) is 20.8 Å². The highest BCUT2D eigenvalue weighted by molar-refractivity contribution is 5.79. The van der Waals surface area contributed by atoms with E-state index in [1.807, 2.05) is 34.6 Å². The molecule has 0 atom stereocenters. The van der Waals surface area contributed by atoms with Gasteiger partial charge in [0.25, 0.3) is 6.20 Å². The van der Waals surface area contributed by atoms with Gasteiger partial charge in [-0.15, -0.1) is 0 Å². The van der Waals surface area contributed by atoms with Crippen LogP contribution in [0.5, 0.6) is 0 Å². The highest BCUT2D eigenvalue weighted by atomic mass is 16.5. The average Bonchev–Trinajstić information content (AvgIpc) is 2.50. The summed E-state index contributed by atoms with van der Waals surface area (Å²) >= 11 is 0. The Bertz CT molecular complexity index is 361. The zero-order valence-corrected chi connectivity index (χ0v) is 9.81. The average molecular weight is 211 g/mol. The van der Waals surface area contributed by atoms with Crippen LogP contribution in [0.1, 0.15) is 40.7 Å². The molecule has 0 saturated heterocycles. The Balaban J connectivity index is 2.90. The molecule has 1 aromatic heterocycles. The van der Waals surface area contributed by atoms with Crippen molar-refractivity contribution < 1.29 is 14.3 Å². The Kier molecular flexibility index (Phi) is 3.12. The van der Waals surface area contributed by atoms with Crippen LogP contribution in [0.15, 0.2) is 15.7 Å². The first-order valence-corrected chi connectivity index (χ1v) is 4.95. The fourth-order valence-corrected chi connectivity index (χ4v) is 0.810. The highest BCUT2D eigenvalue weighted by Crippen LogP contribution is 2.16. The molecule has 1 aromatic rings. The molecule has 0 unspecified atom stereocenters. The molecule has 5 nitrogen and oxygen atoms in total. The van der Waals surface area contributed by atoms with Crippen molar-refractivity contribution in [2.45, 2.75) is 40.7 Å². The molecule has 0 N–H and O–H groups in total. The van der Waals surface area contributed by atoms with E-state index in [-0.39, 0.29) is 17.8 Å². The summed E-state index contributed by atoms with van der Waals surface area (Å²) in [6.07, 6.45) is 1.62. The molecule has 0 saturated carbocycles. The lowest BCUT2D eigenvalue weighted by atomic mass is 9.97. The van der Waals surface area contributed by atoms with E-state index in [4.69, 9.17) is 4.52 Å². The van der Waals surface area contributed by atoms with E-state index in [2.05, 4.69) is 10.3 Å². The molecule has 0 radical (unpaired) electrons. The lowest BCUT2D eigenvalue weighted by Gasteiger charge is -2.24. The molecular formula is C10H17N3O2. The Morgan fingerprint density at radius 2 is 2.13 bits per heavy atom. The zero-order valence-electron chi connectivity index (χ0n) is 9.81. The van der Waals surface area contributed by atoms with Crippen LogP contribution in [0.3, 0.4) is 0 Å². The SMILES string of the molecule is CC(C)[n+]1cc(/N=C(\[O-])C(C)(C)C)on1. The zero-order chi connectivity index (χ0) is 11.6. The quantitative estimate of drug-likeness (QED) is 0.416. The molecule has 0 bridgehead atoms. The Morgan fingerprint density at radius 1 is 1.53 bits per heavy atom. The van der Waals surface area contributed by atoms with Gasteiger partial charge >= 0.3 is 5.88 Å². The fourth-order valence-electron chi connectivity index (χ4n) is 0.810. The Hall–Kier alpha value is -1.39. The Morgan fingerprint density at radius 3 is 2.53 bits per heavy atom. The predicted octanol–water partition coefficient (Wildman–Crippen LogP) is 0.979. The van der Waals surface area contributed by atoms with Gasteiger partial charge in [0.15, 0.2) is 6.04 Å². The summed E-state index contributed by atoms with van der Waals surface area (Å²) < 4.78 is 6.54. The molecule has 0 aliphatic heterocycles. The molecular weight excluding hydrogens is 194 g/mol. The van der Waals surface area contributed by atoms with E-state index in [9.17, 15) is 5.11 Å². The molecule has 0 amide bonds. The van der Waals surface area contributed by atoms with Gasteiger partial charge in [0.1, 0.15) is 0 Å². The summed E-state index contributed by atoms with van der Waals surface area (Å²) in [6, 6.07) is 0.197. The van der Waals surface area contributed by atoms with E-state index in [0.29, 0.717) is 0 Å². The first-order valence-electron chi connectivity index (χ1n) is 4.95. The monoisotopic (exact) mass is 211 g/mol. The highest BCUT2D eigenvalue weighted by Gasteiger charge is 2.16. The summed E-state index contributed by atoms with van der Waals surface area (Å²) in [5.74, 6) is 0.0400. The minimum absolute atomic E-state index is 0.197. The van der Waals surface area contributed by atoms with Gasteiger partial charge in [0.2, 0.25) is 5.27 Å². The molecule has 0 aliphatic carbocycles. The lowest BCUT2D eigenvalue weighted by Crippen LogP contribution is -2.36. The van der Waals surface area contributed by atoms with Crippen LogP contribution in [0.4, 0.5) is 5.88 Å². The summed E-state index contributed by atoms with van der Waals surface area (Å²) in [6.45, 7) is 9.37. The molecule has 5 heteroatoms. The normalized spacial score (nSPS) is 13.6. The molecule has 0 aromatic carbocycles. The number of hydrogen-bond acceptors (Lipinski definition) is 4. The van der Waals surface area contributed by atoms with Crippen molar-refractivity contribution in [1.82, 2.24) is 5.27 Å². The number of aromatic nitrogens is 2. The summed E-state index contributed by atoms with van der Waals surface area (Å²) in [5, 5.41) is 15.3. The third kappa shape index (κ3) is 3.04. The van der Waals surface area contributed by atoms with Crippen molar-refractivity contribution in [3.05, 3.63) is 6.20 Å². The largest absolute Gasteiger partial charge is 0.861 e. The number of rotatable bonds is 2. The van der Waals surface area contributed by atoms with Crippen molar-refractivity contribution in [1.29, 1.82) is 0 Å². The van der Waals surface area contributed by atoms with Gasteiger partial charge < -0.3 is 5.11 Å². The molecule has 1 rings (SSSR count). The maximum atomic E-state index is 11.5. The van der Waals surface area contributed by atoms with E-state index in [1.54, 1.807) is 10.9 Å². The first-order chi connectivity index (χ1) is 6.80. The Labute approximate surface area is 89.4 Å². The van der Waals surface area contributed by atoms with Crippen molar-refractivity contribution in [3.8, 4) is 0 Å². The van der Waals surface area contributed by atoms with Crippen LogP contribution in [0.25, 0.3) is 0 Å². The number of nitrogens with zero attached hydrogens (tertiary/aromatic N) is 3. The van der Waals surface area contributed by atoms with E-state index in [0.717, 1.165) is 0 Å². The van der Waals surface area contributed by atoms with Gasteiger partial charge in [-0.2, -0.15) is 0 Å². The lowest BCUT2D eigenvalue weighted by molar-refractivity contribution is -0.779. The third-order valence-electron chi connectivity index (χ3n) is 1.85. The first kappa shape index (κ1) is 11.7. The van der Waals surface area contributed by atoms with Gasteiger partial charge in [0, 0.05) is 0 Å². The number of aliphatic imine (C=N–C) groups is 1. The van der Waals surface area contributed by atoms with Crippen LogP contribution in [-0.2, 0) is 0 Å². The smallest absolute Gasteiger partial charge is 0.320 e. The minimum atomic E-state index is -0.491.